The summed E-state index contributed by atoms with van der Waals surface area (Å²) in [6.45, 7) is 7.62. The van der Waals surface area contributed by atoms with Gasteiger partial charge in [-0.15, -0.1) is 0 Å². The number of benzene rings is 1. The van der Waals surface area contributed by atoms with Crippen LogP contribution in [0.5, 0.6) is 0 Å². The maximum absolute atomic E-state index is 11.8. The molecule has 1 saturated heterocycles. The van der Waals surface area contributed by atoms with Crippen molar-refractivity contribution in [1.82, 2.24) is 0 Å². The van der Waals surface area contributed by atoms with E-state index in [1.807, 2.05) is 24.3 Å². The van der Waals surface area contributed by atoms with Gasteiger partial charge in [-0.2, -0.15) is 0 Å². The van der Waals surface area contributed by atoms with E-state index in [9.17, 15) is 9.59 Å². The Labute approximate surface area is 132 Å². The van der Waals surface area contributed by atoms with Gasteiger partial charge in [-0.1, -0.05) is 32.9 Å². The van der Waals surface area contributed by atoms with Gasteiger partial charge in [0.15, 0.2) is 0 Å². The molecule has 0 aliphatic carbocycles. The quantitative estimate of drug-likeness (QED) is 0.784. The van der Waals surface area contributed by atoms with Gasteiger partial charge in [0.1, 0.15) is 0 Å². The zero-order chi connectivity index (χ0) is 16.2. The summed E-state index contributed by atoms with van der Waals surface area (Å²) in [6, 6.07) is 7.60. The first-order chi connectivity index (χ1) is 10.3. The zero-order valence-corrected chi connectivity index (χ0v) is 13.7. The van der Waals surface area contributed by atoms with Crippen LogP contribution in [0.2, 0.25) is 0 Å². The maximum Gasteiger partial charge on any atom is 0.310 e. The van der Waals surface area contributed by atoms with E-state index in [4.69, 9.17) is 4.74 Å². The number of carbonyl (C=O) groups is 2. The van der Waals surface area contributed by atoms with E-state index in [1.54, 1.807) is 4.90 Å². The van der Waals surface area contributed by atoms with Crippen LogP contribution in [-0.2, 0) is 20.7 Å². The third kappa shape index (κ3) is 4.86. The van der Waals surface area contributed by atoms with Crippen molar-refractivity contribution in [2.45, 2.75) is 46.5 Å². The van der Waals surface area contributed by atoms with Crippen molar-refractivity contribution >= 4 is 17.6 Å². The molecular formula is C18H25NO3. The lowest BCUT2D eigenvalue weighted by molar-refractivity contribution is -0.143. The standard InChI is InChI=1S/C18H25NO3/c1-18(2,3)10-12-22-17(21)13-14-6-8-15(9-7-14)19-11-4-5-16(19)20/h6-9H,4-5,10-13H2,1-3H3. The first-order valence-electron chi connectivity index (χ1n) is 7.90. The number of nitrogens with zero attached hydrogens (tertiary/aromatic N) is 1. The number of carbonyl (C=O) groups excluding carboxylic acids is 2. The predicted molar refractivity (Wildman–Crippen MR) is 86.8 cm³/mol. The molecule has 0 atom stereocenters. The zero-order valence-electron chi connectivity index (χ0n) is 13.7. The average molecular weight is 303 g/mol. The highest BCUT2D eigenvalue weighted by Gasteiger charge is 2.21. The van der Waals surface area contributed by atoms with Crippen LogP contribution in [-0.4, -0.2) is 25.0 Å². The molecule has 0 unspecified atom stereocenters. The largest absolute Gasteiger partial charge is 0.465 e. The summed E-state index contributed by atoms with van der Waals surface area (Å²) in [7, 11) is 0. The second-order valence-electron chi connectivity index (χ2n) is 7.02. The fourth-order valence-electron chi connectivity index (χ4n) is 2.40. The molecule has 1 aliphatic rings. The van der Waals surface area contributed by atoms with Crippen molar-refractivity contribution in [2.24, 2.45) is 5.41 Å². The number of anilines is 1. The van der Waals surface area contributed by atoms with E-state index in [0.717, 1.165) is 30.6 Å². The maximum atomic E-state index is 11.8. The minimum atomic E-state index is -0.200. The number of esters is 1. The molecule has 4 nitrogen and oxygen atoms in total. The molecule has 0 spiro atoms. The van der Waals surface area contributed by atoms with Gasteiger partial charge in [0.2, 0.25) is 5.91 Å². The fourth-order valence-corrected chi connectivity index (χ4v) is 2.40. The Kier molecular flexibility index (Phi) is 5.22. The van der Waals surface area contributed by atoms with Crippen LogP contribution in [0.25, 0.3) is 0 Å². The predicted octanol–water partition coefficient (Wildman–Crippen LogP) is 3.34. The van der Waals surface area contributed by atoms with Crippen molar-refractivity contribution in [3.63, 3.8) is 0 Å². The first-order valence-corrected chi connectivity index (χ1v) is 7.90. The number of ether oxygens (including phenoxy) is 1. The van der Waals surface area contributed by atoms with Crippen LogP contribution in [0.15, 0.2) is 24.3 Å². The Morgan fingerprint density at radius 3 is 2.45 bits per heavy atom. The third-order valence-corrected chi connectivity index (χ3v) is 3.79. The lowest BCUT2D eigenvalue weighted by Crippen LogP contribution is -2.23. The Morgan fingerprint density at radius 1 is 1.23 bits per heavy atom. The van der Waals surface area contributed by atoms with E-state index in [1.165, 1.54) is 0 Å². The molecule has 4 heteroatoms. The highest BCUT2D eigenvalue weighted by Crippen LogP contribution is 2.22. The van der Waals surface area contributed by atoms with Gasteiger partial charge < -0.3 is 9.64 Å². The molecule has 120 valence electrons. The van der Waals surface area contributed by atoms with E-state index in [-0.39, 0.29) is 23.7 Å². The van der Waals surface area contributed by atoms with Crippen molar-refractivity contribution < 1.29 is 14.3 Å². The summed E-state index contributed by atoms with van der Waals surface area (Å²) in [5.41, 5.74) is 1.99. The van der Waals surface area contributed by atoms with Gasteiger partial charge >= 0.3 is 5.97 Å². The second-order valence-corrected chi connectivity index (χ2v) is 7.02. The average Bonchev–Trinajstić information content (AvgIpc) is 2.84. The summed E-state index contributed by atoms with van der Waals surface area (Å²) in [6.07, 6.45) is 2.68. The molecule has 0 saturated carbocycles. The third-order valence-electron chi connectivity index (χ3n) is 3.79. The Bertz CT molecular complexity index is 528. The minimum absolute atomic E-state index is 0.171. The molecule has 2 rings (SSSR count). The van der Waals surface area contributed by atoms with Crippen LogP contribution in [0.1, 0.15) is 45.6 Å². The Balaban J connectivity index is 1.83. The molecule has 1 heterocycles. The Hall–Kier alpha value is -1.84. The fraction of sp³-hybridized carbons (Fsp3) is 0.556. The molecule has 22 heavy (non-hydrogen) atoms. The number of amides is 1. The van der Waals surface area contributed by atoms with E-state index in [2.05, 4.69) is 20.8 Å². The van der Waals surface area contributed by atoms with Crippen molar-refractivity contribution in [2.75, 3.05) is 18.1 Å². The lowest BCUT2D eigenvalue weighted by atomic mass is 9.93. The molecule has 0 radical (unpaired) electrons. The van der Waals surface area contributed by atoms with Gasteiger partial charge in [-0.05, 0) is 36.0 Å². The minimum Gasteiger partial charge on any atom is -0.465 e. The SMILES string of the molecule is CC(C)(C)CCOC(=O)Cc1ccc(N2CCCC2=O)cc1. The topological polar surface area (TPSA) is 46.6 Å². The van der Waals surface area contributed by atoms with Crippen LogP contribution in [0, 0.1) is 5.41 Å². The van der Waals surface area contributed by atoms with E-state index < -0.39 is 0 Å². The highest BCUT2D eigenvalue weighted by molar-refractivity contribution is 5.95. The monoisotopic (exact) mass is 303 g/mol. The molecule has 1 aliphatic heterocycles. The van der Waals surface area contributed by atoms with Crippen LogP contribution < -0.4 is 4.90 Å². The normalized spacial score (nSPS) is 15.2. The molecule has 1 amide bonds. The van der Waals surface area contributed by atoms with E-state index >= 15 is 0 Å². The molecule has 1 aromatic rings. The van der Waals surface area contributed by atoms with E-state index in [0.29, 0.717) is 13.0 Å². The van der Waals surface area contributed by atoms with Gasteiger partial charge in [-0.3, -0.25) is 9.59 Å². The van der Waals surface area contributed by atoms with Gasteiger partial charge in [0, 0.05) is 18.7 Å². The summed E-state index contributed by atoms with van der Waals surface area (Å²) < 4.78 is 5.27. The van der Waals surface area contributed by atoms with Gasteiger partial charge in [-0.25, -0.2) is 0 Å². The molecule has 0 N–H and O–H groups in total. The molecule has 0 bridgehead atoms. The van der Waals surface area contributed by atoms with Crippen LogP contribution in [0.3, 0.4) is 0 Å². The van der Waals surface area contributed by atoms with Crippen molar-refractivity contribution in [1.29, 1.82) is 0 Å². The molecule has 1 aromatic carbocycles. The number of hydrogen-bond acceptors (Lipinski definition) is 3. The van der Waals surface area contributed by atoms with Crippen molar-refractivity contribution in [3.8, 4) is 0 Å². The van der Waals surface area contributed by atoms with Crippen LogP contribution >= 0.6 is 0 Å². The first kappa shape index (κ1) is 16.5. The summed E-state index contributed by atoms with van der Waals surface area (Å²) in [5.74, 6) is -0.0245. The smallest absolute Gasteiger partial charge is 0.310 e. The Morgan fingerprint density at radius 2 is 1.91 bits per heavy atom. The van der Waals surface area contributed by atoms with Crippen LogP contribution in [0.4, 0.5) is 5.69 Å². The summed E-state index contributed by atoms with van der Waals surface area (Å²) in [5, 5.41) is 0. The number of rotatable bonds is 5. The molecule has 1 fully saturated rings. The highest BCUT2D eigenvalue weighted by atomic mass is 16.5. The van der Waals surface area contributed by atoms with Gasteiger partial charge in [0.25, 0.3) is 0 Å². The second kappa shape index (κ2) is 6.95. The van der Waals surface area contributed by atoms with Gasteiger partial charge in [0.05, 0.1) is 13.0 Å². The van der Waals surface area contributed by atoms with Crippen molar-refractivity contribution in [3.05, 3.63) is 29.8 Å². The molecular weight excluding hydrogens is 278 g/mol. The number of hydrogen-bond donors (Lipinski definition) is 0. The molecule has 0 aromatic heterocycles. The summed E-state index contributed by atoms with van der Waals surface area (Å²) in [4.78, 5) is 25.3. The summed E-state index contributed by atoms with van der Waals surface area (Å²) >= 11 is 0. The lowest BCUT2D eigenvalue weighted by Gasteiger charge is -2.17.